The lowest BCUT2D eigenvalue weighted by molar-refractivity contribution is -0.132. The zero-order chi connectivity index (χ0) is 23.5. The van der Waals surface area contributed by atoms with Crippen molar-refractivity contribution in [2.24, 2.45) is 0 Å². The molecule has 1 atom stereocenters. The van der Waals surface area contributed by atoms with Gasteiger partial charge in [0.2, 0.25) is 0 Å². The van der Waals surface area contributed by atoms with Gasteiger partial charge < -0.3 is 16.2 Å². The van der Waals surface area contributed by atoms with Crippen LogP contribution in [0.5, 0.6) is 0 Å². The fourth-order valence-corrected chi connectivity index (χ4v) is 4.77. The van der Waals surface area contributed by atoms with Crippen LogP contribution in [0.1, 0.15) is 11.1 Å². The summed E-state index contributed by atoms with van der Waals surface area (Å²) in [5.41, 5.74) is 4.85. The van der Waals surface area contributed by atoms with E-state index >= 15 is 0 Å². The topological polar surface area (TPSA) is 113 Å². The minimum atomic E-state index is -1.98. The summed E-state index contributed by atoms with van der Waals surface area (Å²) < 4.78 is 0. The Hall–Kier alpha value is -3.81. The number of rotatable bonds is 2. The average molecular weight is 480 g/mol. The lowest BCUT2D eigenvalue weighted by Gasteiger charge is -2.33. The molecule has 33 heavy (non-hydrogen) atoms. The van der Waals surface area contributed by atoms with Gasteiger partial charge >= 0.3 is 5.91 Å². The Labute approximate surface area is 198 Å². The normalized spacial score (nSPS) is 20.9. The summed E-state index contributed by atoms with van der Waals surface area (Å²) >= 11 is 12.3. The van der Waals surface area contributed by atoms with Crippen LogP contribution in [0.2, 0.25) is 10.0 Å². The summed E-state index contributed by atoms with van der Waals surface area (Å²) in [5, 5.41) is 14.6. The molecular weight excluding hydrogens is 465 g/mol. The van der Waals surface area contributed by atoms with Crippen molar-refractivity contribution in [2.75, 3.05) is 16.0 Å². The predicted octanol–water partition coefficient (Wildman–Crippen LogP) is 4.31. The SMILES string of the molecule is Nc1cccc(C(O)=C2C(=O)C(=O)N(c3cccc(Cl)c3)C23C(=O)Nc2cc(Cl)ccc23)c1. The van der Waals surface area contributed by atoms with Crippen molar-refractivity contribution in [3.8, 4) is 0 Å². The molecule has 0 aromatic heterocycles. The van der Waals surface area contributed by atoms with Crippen LogP contribution in [0.15, 0.2) is 72.3 Å². The van der Waals surface area contributed by atoms with Crippen LogP contribution in [0.4, 0.5) is 17.1 Å². The number of ketones is 1. The number of nitrogens with two attached hydrogens (primary N) is 1. The van der Waals surface area contributed by atoms with Gasteiger partial charge in [-0.1, -0.05) is 47.5 Å². The highest BCUT2D eigenvalue weighted by molar-refractivity contribution is 6.55. The van der Waals surface area contributed by atoms with Crippen LogP contribution in [0, 0.1) is 0 Å². The summed E-state index contributed by atoms with van der Waals surface area (Å²) in [4.78, 5) is 41.4. The number of aliphatic hydroxyl groups excluding tert-OH is 1. The first-order valence-corrected chi connectivity index (χ1v) is 10.6. The summed E-state index contributed by atoms with van der Waals surface area (Å²) in [7, 11) is 0. The van der Waals surface area contributed by atoms with Gasteiger partial charge in [-0.05, 0) is 42.5 Å². The number of benzene rings is 3. The highest BCUT2D eigenvalue weighted by atomic mass is 35.5. The van der Waals surface area contributed by atoms with Gasteiger partial charge in [0, 0.05) is 38.2 Å². The number of carbonyl (C=O) groups is 3. The van der Waals surface area contributed by atoms with E-state index in [1.54, 1.807) is 42.5 Å². The van der Waals surface area contributed by atoms with Crippen molar-refractivity contribution in [3.05, 3.63) is 93.5 Å². The van der Waals surface area contributed by atoms with Crippen LogP contribution in [0.25, 0.3) is 5.76 Å². The van der Waals surface area contributed by atoms with Crippen molar-refractivity contribution in [2.45, 2.75) is 5.54 Å². The van der Waals surface area contributed by atoms with Gasteiger partial charge in [-0.25, -0.2) is 0 Å². The Bertz CT molecular complexity index is 1420. The van der Waals surface area contributed by atoms with Crippen molar-refractivity contribution >= 4 is 63.6 Å². The monoisotopic (exact) mass is 479 g/mol. The maximum Gasteiger partial charge on any atom is 0.300 e. The number of hydrogen-bond donors (Lipinski definition) is 3. The number of Topliss-reactive ketones (excluding diaryl/α,β-unsaturated/α-hetero) is 1. The Morgan fingerprint density at radius 3 is 2.39 bits per heavy atom. The maximum atomic E-state index is 13.6. The molecule has 0 saturated carbocycles. The van der Waals surface area contributed by atoms with Gasteiger partial charge in [0.05, 0.1) is 5.57 Å². The third-order valence-corrected chi connectivity index (χ3v) is 6.20. The maximum absolute atomic E-state index is 13.6. The summed E-state index contributed by atoms with van der Waals surface area (Å²) in [5.74, 6) is -3.22. The molecule has 1 saturated heterocycles. The van der Waals surface area contributed by atoms with Crippen molar-refractivity contribution in [1.29, 1.82) is 0 Å². The molecule has 1 fully saturated rings. The highest BCUT2D eigenvalue weighted by Gasteiger charge is 2.66. The summed E-state index contributed by atoms with van der Waals surface area (Å²) in [6.45, 7) is 0. The Kier molecular flexibility index (Phi) is 4.70. The largest absolute Gasteiger partial charge is 0.507 e. The van der Waals surface area contributed by atoms with Gasteiger partial charge in [0.1, 0.15) is 5.76 Å². The van der Waals surface area contributed by atoms with E-state index in [-0.39, 0.29) is 16.8 Å². The number of carbonyl (C=O) groups excluding carboxylic acids is 3. The highest BCUT2D eigenvalue weighted by Crippen LogP contribution is 2.53. The van der Waals surface area contributed by atoms with Gasteiger partial charge in [-0.15, -0.1) is 0 Å². The number of anilines is 3. The molecule has 0 radical (unpaired) electrons. The molecule has 164 valence electrons. The number of fused-ring (bicyclic) bond motifs is 2. The minimum Gasteiger partial charge on any atom is -0.507 e. The first-order valence-electron chi connectivity index (χ1n) is 9.80. The molecule has 0 bridgehead atoms. The number of nitrogen functional groups attached to an aromatic ring is 1. The van der Waals surface area contributed by atoms with E-state index in [9.17, 15) is 19.5 Å². The predicted molar refractivity (Wildman–Crippen MR) is 126 cm³/mol. The second-order valence-corrected chi connectivity index (χ2v) is 8.53. The molecule has 4 N–H and O–H groups in total. The molecular formula is C24H15Cl2N3O4. The van der Waals surface area contributed by atoms with Crippen LogP contribution in [0.3, 0.4) is 0 Å². The van der Waals surface area contributed by atoms with E-state index in [2.05, 4.69) is 5.32 Å². The Balaban J connectivity index is 1.90. The standard InChI is InChI=1S/C24H15Cl2N3O4/c25-13-4-2-6-16(10-13)29-22(32)21(31)19(20(30)12-3-1-5-15(27)9-12)24(29)17-8-7-14(26)11-18(17)28-23(24)33/h1-11,30H,27H2,(H,28,33). The number of nitrogens with one attached hydrogen (secondary N) is 1. The van der Waals surface area contributed by atoms with Crippen LogP contribution in [-0.4, -0.2) is 22.7 Å². The lowest BCUT2D eigenvalue weighted by atomic mass is 9.81. The van der Waals surface area contributed by atoms with Crippen molar-refractivity contribution in [1.82, 2.24) is 0 Å². The third-order valence-electron chi connectivity index (χ3n) is 5.73. The van der Waals surface area contributed by atoms with Crippen LogP contribution < -0.4 is 16.0 Å². The number of nitrogens with zero attached hydrogens (tertiary/aromatic N) is 1. The Morgan fingerprint density at radius 2 is 1.67 bits per heavy atom. The number of aliphatic hydroxyl groups is 1. The van der Waals surface area contributed by atoms with Crippen molar-refractivity contribution in [3.63, 3.8) is 0 Å². The second kappa shape index (κ2) is 7.37. The molecule has 7 nitrogen and oxygen atoms in total. The molecule has 5 rings (SSSR count). The van der Waals surface area contributed by atoms with E-state index in [1.165, 1.54) is 24.3 Å². The first-order chi connectivity index (χ1) is 15.7. The van der Waals surface area contributed by atoms with Crippen molar-refractivity contribution < 1.29 is 19.5 Å². The molecule has 3 aromatic rings. The molecule has 3 aromatic carbocycles. The molecule has 0 aliphatic carbocycles. The average Bonchev–Trinajstić information content (AvgIpc) is 3.18. The molecule has 1 unspecified atom stereocenters. The van der Waals surface area contributed by atoms with Crippen LogP contribution in [-0.2, 0) is 19.9 Å². The fraction of sp³-hybridized carbons (Fsp3) is 0.0417. The van der Waals surface area contributed by atoms with Gasteiger partial charge in [-0.3, -0.25) is 19.3 Å². The molecule has 2 heterocycles. The quantitative estimate of drug-likeness (QED) is 0.219. The summed E-state index contributed by atoms with van der Waals surface area (Å²) in [6, 6.07) is 17.0. The number of hydrogen-bond acceptors (Lipinski definition) is 5. The molecule has 2 amide bonds. The first kappa shape index (κ1) is 21.1. The zero-order valence-corrected chi connectivity index (χ0v) is 18.3. The Morgan fingerprint density at radius 1 is 0.939 bits per heavy atom. The van der Waals surface area contributed by atoms with Gasteiger partial charge in [-0.2, -0.15) is 0 Å². The minimum absolute atomic E-state index is 0.189. The number of amides is 2. The second-order valence-electron chi connectivity index (χ2n) is 7.65. The van der Waals surface area contributed by atoms with Gasteiger partial charge in [0.15, 0.2) is 5.54 Å². The number of halogens is 2. The van der Waals surface area contributed by atoms with Crippen LogP contribution >= 0.6 is 23.2 Å². The molecule has 9 heteroatoms. The third kappa shape index (κ3) is 2.93. The zero-order valence-electron chi connectivity index (χ0n) is 16.8. The van der Waals surface area contributed by atoms with E-state index in [1.807, 2.05) is 0 Å². The van der Waals surface area contributed by atoms with Gasteiger partial charge in [0.25, 0.3) is 11.7 Å². The van der Waals surface area contributed by atoms with E-state index < -0.39 is 28.9 Å². The molecule has 1 spiro atoms. The van der Waals surface area contributed by atoms with E-state index in [0.717, 1.165) is 4.90 Å². The lowest BCUT2D eigenvalue weighted by Crippen LogP contribution is -2.49. The van der Waals surface area contributed by atoms with E-state index in [4.69, 9.17) is 28.9 Å². The molecule has 2 aliphatic rings. The summed E-state index contributed by atoms with van der Waals surface area (Å²) in [6.07, 6.45) is 0. The fourth-order valence-electron chi connectivity index (χ4n) is 4.41. The van der Waals surface area contributed by atoms with E-state index in [0.29, 0.717) is 27.0 Å². The molecule has 2 aliphatic heterocycles. The smallest absolute Gasteiger partial charge is 0.300 e.